The number of nitriles is 2. The molecule has 1 aromatic carbocycles. The average Bonchev–Trinajstić information content (AvgIpc) is 2.74. The minimum atomic E-state index is 0.0619. The molecule has 2 rings (SSSR count). The van der Waals surface area contributed by atoms with Crippen molar-refractivity contribution in [3.05, 3.63) is 40.9 Å². The molecule has 0 amide bonds. The molecule has 0 spiro atoms. The van der Waals surface area contributed by atoms with Gasteiger partial charge in [-0.1, -0.05) is 11.6 Å². The Morgan fingerprint density at radius 1 is 1.29 bits per heavy atom. The summed E-state index contributed by atoms with van der Waals surface area (Å²) in [5.74, 6) is 0. The predicted molar refractivity (Wildman–Crippen MR) is 62.4 cm³/mol. The molecule has 0 aliphatic rings. The Balaban J connectivity index is 2.70. The van der Waals surface area contributed by atoms with Gasteiger partial charge in [-0.05, 0) is 18.2 Å². The Morgan fingerprint density at radius 2 is 2.06 bits per heavy atom. The van der Waals surface area contributed by atoms with Crippen LogP contribution in [0.15, 0.2) is 24.5 Å². The zero-order valence-corrected chi connectivity index (χ0v) is 9.31. The van der Waals surface area contributed by atoms with Gasteiger partial charge in [0.2, 0.25) is 0 Å². The van der Waals surface area contributed by atoms with Gasteiger partial charge in [-0.25, -0.2) is 4.98 Å². The second-order valence-electron chi connectivity index (χ2n) is 3.24. The molecule has 0 bridgehead atoms. The van der Waals surface area contributed by atoms with Crippen molar-refractivity contribution in [1.29, 1.82) is 10.5 Å². The molecule has 1 aromatic heterocycles. The highest BCUT2D eigenvalue weighted by Crippen LogP contribution is 2.23. The second-order valence-corrected chi connectivity index (χ2v) is 3.67. The highest BCUT2D eigenvalue weighted by Gasteiger charge is 2.13. The molecule has 5 nitrogen and oxygen atoms in total. The highest BCUT2D eigenvalue weighted by atomic mass is 35.5. The van der Waals surface area contributed by atoms with Crippen molar-refractivity contribution in [2.45, 2.75) is 0 Å². The van der Waals surface area contributed by atoms with Gasteiger partial charge in [0, 0.05) is 5.02 Å². The predicted octanol–water partition coefficient (Wildman–Crippen LogP) is 1.85. The summed E-state index contributed by atoms with van der Waals surface area (Å²) in [6, 6.07) is 8.65. The molecular formula is C11H6ClN5. The number of hydrogen-bond acceptors (Lipinski definition) is 4. The van der Waals surface area contributed by atoms with E-state index >= 15 is 0 Å². The van der Waals surface area contributed by atoms with E-state index in [4.69, 9.17) is 27.9 Å². The number of hydrogen-bond donors (Lipinski definition) is 1. The first-order valence-electron chi connectivity index (χ1n) is 4.60. The molecule has 2 aromatic rings. The van der Waals surface area contributed by atoms with Gasteiger partial charge in [-0.3, -0.25) is 4.57 Å². The lowest BCUT2D eigenvalue weighted by molar-refractivity contribution is 1.04. The van der Waals surface area contributed by atoms with Crippen LogP contribution in [0, 0.1) is 22.7 Å². The Kier molecular flexibility index (Phi) is 2.70. The van der Waals surface area contributed by atoms with Crippen molar-refractivity contribution in [3.8, 4) is 17.8 Å². The molecule has 1 heterocycles. The first kappa shape index (κ1) is 11.0. The molecule has 2 N–H and O–H groups in total. The van der Waals surface area contributed by atoms with Gasteiger partial charge in [0.25, 0.3) is 0 Å². The van der Waals surface area contributed by atoms with Crippen molar-refractivity contribution >= 4 is 17.3 Å². The van der Waals surface area contributed by atoms with Crippen LogP contribution in [0.5, 0.6) is 0 Å². The largest absolute Gasteiger partial charge is 0.397 e. The molecule has 82 valence electrons. The fraction of sp³-hybridized carbons (Fsp3) is 0. The lowest BCUT2D eigenvalue weighted by Crippen LogP contribution is -2.01. The van der Waals surface area contributed by atoms with Crippen LogP contribution < -0.4 is 5.73 Å². The van der Waals surface area contributed by atoms with Crippen LogP contribution in [0.25, 0.3) is 5.69 Å². The minimum absolute atomic E-state index is 0.0619. The summed E-state index contributed by atoms with van der Waals surface area (Å²) in [5.41, 5.74) is 6.98. The number of imidazole rings is 1. The fourth-order valence-electron chi connectivity index (χ4n) is 1.45. The third kappa shape index (κ3) is 1.80. The number of anilines is 1. The molecule has 0 saturated carbocycles. The van der Waals surface area contributed by atoms with E-state index in [9.17, 15) is 0 Å². The smallest absolute Gasteiger partial charge is 0.177 e. The summed E-state index contributed by atoms with van der Waals surface area (Å²) in [5, 5.41) is 18.3. The standard InChI is InChI=1S/C11H6ClN5/c12-7-1-2-8(15)10(3-7)17-6-16-9(4-13)11(17)5-14/h1-3,6H,15H2. The third-order valence-electron chi connectivity index (χ3n) is 2.23. The summed E-state index contributed by atoms with van der Waals surface area (Å²) in [6.07, 6.45) is 1.37. The van der Waals surface area contributed by atoms with Gasteiger partial charge < -0.3 is 5.73 Å². The van der Waals surface area contributed by atoms with E-state index in [-0.39, 0.29) is 11.4 Å². The second kappa shape index (κ2) is 4.17. The summed E-state index contributed by atoms with van der Waals surface area (Å²) in [6.45, 7) is 0. The van der Waals surface area contributed by atoms with Crippen molar-refractivity contribution in [2.24, 2.45) is 0 Å². The lowest BCUT2D eigenvalue weighted by Gasteiger charge is -2.07. The van der Waals surface area contributed by atoms with Crippen LogP contribution in [0.3, 0.4) is 0 Å². The van der Waals surface area contributed by atoms with Gasteiger partial charge in [0.1, 0.15) is 18.5 Å². The van der Waals surface area contributed by atoms with Crippen LogP contribution in [0.4, 0.5) is 5.69 Å². The van der Waals surface area contributed by atoms with Crippen LogP contribution in [-0.4, -0.2) is 9.55 Å². The fourth-order valence-corrected chi connectivity index (χ4v) is 1.61. The summed E-state index contributed by atoms with van der Waals surface area (Å²) in [7, 11) is 0. The van der Waals surface area contributed by atoms with Crippen LogP contribution in [-0.2, 0) is 0 Å². The van der Waals surface area contributed by atoms with Gasteiger partial charge in [0.15, 0.2) is 11.4 Å². The Hall–Kier alpha value is -2.50. The van der Waals surface area contributed by atoms with E-state index in [2.05, 4.69) is 4.98 Å². The molecule has 0 fully saturated rings. The van der Waals surface area contributed by atoms with Crippen molar-refractivity contribution < 1.29 is 0 Å². The monoisotopic (exact) mass is 243 g/mol. The molecular weight excluding hydrogens is 238 g/mol. The maximum absolute atomic E-state index is 9.01. The quantitative estimate of drug-likeness (QED) is 0.774. The molecule has 0 aliphatic heterocycles. The topological polar surface area (TPSA) is 91.4 Å². The Labute approximate surface area is 102 Å². The van der Waals surface area contributed by atoms with E-state index in [0.717, 1.165) is 0 Å². The van der Waals surface area contributed by atoms with E-state index in [1.54, 1.807) is 18.2 Å². The number of rotatable bonds is 1. The van der Waals surface area contributed by atoms with Gasteiger partial charge in [0.05, 0.1) is 11.4 Å². The van der Waals surface area contributed by atoms with Crippen molar-refractivity contribution in [1.82, 2.24) is 9.55 Å². The lowest BCUT2D eigenvalue weighted by atomic mass is 10.2. The van der Waals surface area contributed by atoms with E-state index in [0.29, 0.717) is 16.4 Å². The number of benzene rings is 1. The average molecular weight is 244 g/mol. The van der Waals surface area contributed by atoms with Gasteiger partial charge >= 0.3 is 0 Å². The minimum Gasteiger partial charge on any atom is -0.397 e. The molecule has 0 radical (unpaired) electrons. The number of halogens is 1. The first-order chi connectivity index (χ1) is 8.17. The van der Waals surface area contributed by atoms with Crippen LogP contribution in [0.2, 0.25) is 5.02 Å². The number of nitrogens with two attached hydrogens (primary N) is 1. The molecule has 0 unspecified atom stereocenters. The van der Waals surface area contributed by atoms with Crippen molar-refractivity contribution in [2.75, 3.05) is 5.73 Å². The number of aromatic nitrogens is 2. The summed E-state index contributed by atoms with van der Waals surface area (Å²) < 4.78 is 1.44. The normalized spacial score (nSPS) is 9.59. The summed E-state index contributed by atoms with van der Waals surface area (Å²) in [4.78, 5) is 3.83. The van der Waals surface area contributed by atoms with Crippen LogP contribution in [0.1, 0.15) is 11.4 Å². The highest BCUT2D eigenvalue weighted by molar-refractivity contribution is 6.30. The molecule has 0 saturated heterocycles. The van der Waals surface area contributed by atoms with Crippen molar-refractivity contribution in [3.63, 3.8) is 0 Å². The SMILES string of the molecule is N#Cc1ncn(-c2cc(Cl)ccc2N)c1C#N. The Morgan fingerprint density at radius 3 is 2.71 bits per heavy atom. The zero-order valence-electron chi connectivity index (χ0n) is 8.55. The van der Waals surface area contributed by atoms with Crippen LogP contribution >= 0.6 is 11.6 Å². The van der Waals surface area contributed by atoms with Gasteiger partial charge in [-0.2, -0.15) is 10.5 Å². The van der Waals surface area contributed by atoms with E-state index in [1.165, 1.54) is 10.9 Å². The first-order valence-corrected chi connectivity index (χ1v) is 4.98. The maximum Gasteiger partial charge on any atom is 0.177 e. The molecule has 0 aliphatic carbocycles. The zero-order chi connectivity index (χ0) is 12.4. The number of nitrogen functional groups attached to an aromatic ring is 1. The third-order valence-corrected chi connectivity index (χ3v) is 2.47. The maximum atomic E-state index is 9.01. The summed E-state index contributed by atoms with van der Waals surface area (Å²) >= 11 is 5.87. The van der Waals surface area contributed by atoms with E-state index in [1.807, 2.05) is 12.1 Å². The molecule has 0 atom stereocenters. The molecule has 17 heavy (non-hydrogen) atoms. The number of nitrogens with zero attached hydrogens (tertiary/aromatic N) is 4. The van der Waals surface area contributed by atoms with E-state index < -0.39 is 0 Å². The molecule has 6 heteroatoms. The van der Waals surface area contributed by atoms with Gasteiger partial charge in [-0.15, -0.1) is 0 Å². The Bertz CT molecular complexity index is 659.